The molecule has 0 aromatic heterocycles. The number of hydrogen-bond donors (Lipinski definition) is 2. The molecule has 1 saturated heterocycles. The zero-order chi connectivity index (χ0) is 24.5. The molecule has 2 fully saturated rings. The number of nitrogens with one attached hydrogen (secondary N) is 1. The smallest absolute Gasteiger partial charge is 0.480 e. The monoisotopic (exact) mass is 455 g/mol. The first-order valence-electron chi connectivity index (χ1n) is 12.4. The second-order valence-electron chi connectivity index (χ2n) is 11.7. The summed E-state index contributed by atoms with van der Waals surface area (Å²) in [4.78, 5) is 12.6. The highest BCUT2D eigenvalue weighted by Crippen LogP contribution is 2.43. The summed E-state index contributed by atoms with van der Waals surface area (Å²) in [5.74, 6) is -0.585. The van der Waals surface area contributed by atoms with E-state index >= 15 is 0 Å². The third kappa shape index (κ3) is 5.23. The van der Waals surface area contributed by atoms with E-state index in [9.17, 15) is 9.90 Å². The lowest BCUT2D eigenvalue weighted by Gasteiger charge is -2.48. The van der Waals surface area contributed by atoms with E-state index in [1.807, 2.05) is 57.2 Å². The number of aliphatic carboxylic acids is 1. The van der Waals surface area contributed by atoms with Crippen molar-refractivity contribution in [1.82, 2.24) is 5.32 Å². The molecule has 6 heteroatoms. The van der Waals surface area contributed by atoms with Crippen molar-refractivity contribution in [1.29, 1.82) is 0 Å². The molecule has 3 rings (SSSR count). The molecule has 2 aliphatic rings. The number of carboxylic acids is 1. The minimum absolute atomic E-state index is 0.149. The maximum absolute atomic E-state index is 12.6. The van der Waals surface area contributed by atoms with Crippen LogP contribution in [0.5, 0.6) is 0 Å². The average molecular weight is 455 g/mol. The zero-order valence-corrected chi connectivity index (χ0v) is 21.5. The largest absolute Gasteiger partial charge is 0.494 e. The number of hydrogen-bond acceptors (Lipinski definition) is 4. The van der Waals surface area contributed by atoms with Crippen LogP contribution in [0.3, 0.4) is 0 Å². The maximum Gasteiger partial charge on any atom is 0.494 e. The molecule has 5 nitrogen and oxygen atoms in total. The van der Waals surface area contributed by atoms with Gasteiger partial charge in [-0.05, 0) is 62.9 Å². The van der Waals surface area contributed by atoms with E-state index in [1.165, 1.54) is 6.42 Å². The highest BCUT2D eigenvalue weighted by atomic mass is 16.7. The van der Waals surface area contributed by atoms with Crippen LogP contribution < -0.4 is 10.8 Å². The Hall–Kier alpha value is -1.63. The first-order valence-corrected chi connectivity index (χ1v) is 12.4. The van der Waals surface area contributed by atoms with Gasteiger partial charge >= 0.3 is 13.1 Å². The Morgan fingerprint density at radius 2 is 1.61 bits per heavy atom. The standard InChI is InChI=1S/C27H42BNO4/c1-24(2,3)27(23(30)31,21-13-9-8-10-14-21)29-19-11-12-20-15-17-22(18-16-20)28-32-25(4,5)26(6,7)33-28/h11-12,15-18,21,29H,8-10,13-14,19H2,1-7H3,(H,30,31)/b12-11+/t27-/m1/s1. The molecule has 1 heterocycles. The van der Waals surface area contributed by atoms with Gasteiger partial charge in [-0.2, -0.15) is 0 Å². The van der Waals surface area contributed by atoms with Crippen LogP contribution in [0.1, 0.15) is 86.1 Å². The highest BCUT2D eigenvalue weighted by Gasteiger charge is 2.54. The van der Waals surface area contributed by atoms with Crippen LogP contribution in [0.15, 0.2) is 30.3 Å². The van der Waals surface area contributed by atoms with Gasteiger partial charge in [-0.25, -0.2) is 0 Å². The Morgan fingerprint density at radius 3 is 2.09 bits per heavy atom. The molecule has 0 spiro atoms. The summed E-state index contributed by atoms with van der Waals surface area (Å²) in [5.41, 5.74) is 0.0241. The van der Waals surface area contributed by atoms with Crippen LogP contribution in [0.4, 0.5) is 0 Å². The van der Waals surface area contributed by atoms with Crippen molar-refractivity contribution in [3.05, 3.63) is 35.9 Å². The highest BCUT2D eigenvalue weighted by molar-refractivity contribution is 6.62. The van der Waals surface area contributed by atoms with Crippen molar-refractivity contribution in [3.63, 3.8) is 0 Å². The molecule has 1 aliphatic carbocycles. The van der Waals surface area contributed by atoms with Crippen molar-refractivity contribution in [3.8, 4) is 0 Å². The molecular weight excluding hydrogens is 413 g/mol. The van der Waals surface area contributed by atoms with Crippen molar-refractivity contribution in [2.45, 2.75) is 97.3 Å². The fourth-order valence-corrected chi connectivity index (χ4v) is 5.29. The second-order valence-corrected chi connectivity index (χ2v) is 11.7. The Labute approximate surface area is 200 Å². The van der Waals surface area contributed by atoms with Crippen LogP contribution in [0.2, 0.25) is 0 Å². The topological polar surface area (TPSA) is 67.8 Å². The summed E-state index contributed by atoms with van der Waals surface area (Å²) in [6.07, 6.45) is 9.44. The quantitative estimate of drug-likeness (QED) is 0.564. The normalized spacial score (nSPS) is 23.1. The summed E-state index contributed by atoms with van der Waals surface area (Å²) in [6, 6.07) is 8.17. The molecule has 1 aromatic rings. The van der Waals surface area contributed by atoms with Gasteiger partial charge in [-0.3, -0.25) is 10.1 Å². The van der Waals surface area contributed by atoms with Gasteiger partial charge in [0.15, 0.2) is 0 Å². The Kier molecular flexibility index (Phi) is 7.52. The molecule has 1 aromatic carbocycles. The van der Waals surface area contributed by atoms with Gasteiger partial charge in [0.25, 0.3) is 0 Å². The maximum atomic E-state index is 12.6. The van der Waals surface area contributed by atoms with Crippen LogP contribution in [0, 0.1) is 11.3 Å². The third-order valence-electron chi connectivity index (χ3n) is 8.01. The first kappa shape index (κ1) is 26.0. The van der Waals surface area contributed by atoms with E-state index < -0.39 is 11.5 Å². The summed E-state index contributed by atoms with van der Waals surface area (Å²) in [6.45, 7) is 14.9. The number of carbonyl (C=O) groups is 1. The van der Waals surface area contributed by atoms with Gasteiger partial charge in [0, 0.05) is 6.54 Å². The predicted molar refractivity (Wildman–Crippen MR) is 136 cm³/mol. The Balaban J connectivity index is 1.67. The van der Waals surface area contributed by atoms with E-state index in [4.69, 9.17) is 9.31 Å². The molecule has 0 amide bonds. The number of carboxylic acid groups (broad SMARTS) is 1. The average Bonchev–Trinajstić information content (AvgIpc) is 2.95. The van der Waals surface area contributed by atoms with Crippen LogP contribution >= 0.6 is 0 Å². The molecule has 33 heavy (non-hydrogen) atoms. The molecule has 1 aliphatic heterocycles. The molecule has 182 valence electrons. The van der Waals surface area contributed by atoms with Gasteiger partial charge in [0.05, 0.1) is 11.2 Å². The summed E-state index contributed by atoms with van der Waals surface area (Å²) >= 11 is 0. The second kappa shape index (κ2) is 9.55. The van der Waals surface area contributed by atoms with E-state index in [1.54, 1.807) is 0 Å². The number of benzene rings is 1. The van der Waals surface area contributed by atoms with Gasteiger partial charge in [0.2, 0.25) is 0 Å². The summed E-state index contributed by atoms with van der Waals surface area (Å²) in [7, 11) is -0.367. The minimum atomic E-state index is -0.932. The van der Waals surface area contributed by atoms with Crippen molar-refractivity contribution < 1.29 is 19.2 Å². The molecule has 2 N–H and O–H groups in total. The summed E-state index contributed by atoms with van der Waals surface area (Å²) in [5, 5.41) is 13.8. The van der Waals surface area contributed by atoms with Crippen LogP contribution in [-0.2, 0) is 14.1 Å². The molecule has 0 radical (unpaired) electrons. The van der Waals surface area contributed by atoms with E-state index in [0.717, 1.165) is 36.7 Å². The fourth-order valence-electron chi connectivity index (χ4n) is 5.29. The lowest BCUT2D eigenvalue weighted by molar-refractivity contribution is -0.155. The molecular formula is C27H42BNO4. The van der Waals surface area contributed by atoms with Gasteiger partial charge in [-0.15, -0.1) is 0 Å². The molecule has 0 unspecified atom stereocenters. The first-order chi connectivity index (χ1) is 15.3. The van der Waals surface area contributed by atoms with Crippen molar-refractivity contribution in [2.75, 3.05) is 6.54 Å². The minimum Gasteiger partial charge on any atom is -0.480 e. The molecule has 0 bridgehead atoms. The SMILES string of the molecule is CC1(C)OB(c2ccc(/C=C/CN[C@@](C(=O)O)(C3CCCCC3)C(C)(C)C)cc2)OC1(C)C. The fraction of sp³-hybridized carbons (Fsp3) is 0.667. The van der Waals surface area contributed by atoms with Crippen LogP contribution in [0.25, 0.3) is 6.08 Å². The van der Waals surface area contributed by atoms with E-state index in [2.05, 4.69) is 33.0 Å². The number of rotatable bonds is 7. The van der Waals surface area contributed by atoms with Crippen molar-refractivity contribution >= 4 is 24.6 Å². The predicted octanol–water partition coefficient (Wildman–Crippen LogP) is 5.04. The lowest BCUT2D eigenvalue weighted by atomic mass is 9.62. The van der Waals surface area contributed by atoms with Gasteiger partial charge < -0.3 is 14.4 Å². The molecule has 1 saturated carbocycles. The van der Waals surface area contributed by atoms with Crippen molar-refractivity contribution in [2.24, 2.45) is 11.3 Å². The molecule has 1 atom stereocenters. The van der Waals surface area contributed by atoms with E-state index in [0.29, 0.717) is 6.54 Å². The Bertz CT molecular complexity index is 834. The van der Waals surface area contributed by atoms with Crippen LogP contribution in [-0.4, -0.2) is 41.5 Å². The zero-order valence-electron chi connectivity index (χ0n) is 21.5. The third-order valence-corrected chi connectivity index (χ3v) is 8.01. The van der Waals surface area contributed by atoms with E-state index in [-0.39, 0.29) is 29.7 Å². The van der Waals surface area contributed by atoms with Gasteiger partial charge in [0.1, 0.15) is 5.54 Å². The van der Waals surface area contributed by atoms with Gasteiger partial charge in [-0.1, -0.05) is 76.5 Å². The summed E-state index contributed by atoms with van der Waals surface area (Å²) < 4.78 is 12.3. The lowest BCUT2D eigenvalue weighted by Crippen LogP contribution is -2.65. The Morgan fingerprint density at radius 1 is 1.06 bits per heavy atom.